The van der Waals surface area contributed by atoms with Crippen LogP contribution in [0.25, 0.3) is 0 Å². The Kier molecular flexibility index (Phi) is 6.99. The van der Waals surface area contributed by atoms with Crippen molar-refractivity contribution in [2.45, 2.75) is 37.4 Å². The fraction of sp³-hybridized carbons (Fsp3) is 0.333. The average molecular weight is 443 g/mol. The summed E-state index contributed by atoms with van der Waals surface area (Å²) in [6.45, 7) is 6.45. The fourth-order valence-corrected chi connectivity index (χ4v) is 7.20. The quantitative estimate of drug-likeness (QED) is 0.456. The molecule has 0 N–H and O–H groups in total. The Morgan fingerprint density at radius 2 is 1.64 bits per heavy atom. The van der Waals surface area contributed by atoms with Gasteiger partial charge in [-0.05, 0) is 49.8 Å². The van der Waals surface area contributed by atoms with E-state index >= 15 is 0 Å². The van der Waals surface area contributed by atoms with Crippen LogP contribution in [0.2, 0.25) is 13.1 Å². The van der Waals surface area contributed by atoms with Gasteiger partial charge >= 0.3 is 0 Å². The first-order chi connectivity index (χ1) is 11.7. The van der Waals surface area contributed by atoms with Gasteiger partial charge in [0.2, 0.25) is 8.32 Å². The van der Waals surface area contributed by atoms with E-state index in [1.54, 1.807) is 25.1 Å². The third-order valence-corrected chi connectivity index (χ3v) is 8.98. The Morgan fingerprint density at radius 3 is 2.28 bits per heavy atom. The molecule has 4 nitrogen and oxygen atoms in total. The molecule has 0 spiro atoms. The van der Waals surface area contributed by atoms with Gasteiger partial charge in [0.05, 0.1) is 11.0 Å². The molecule has 136 valence electrons. The summed E-state index contributed by atoms with van der Waals surface area (Å²) in [6.07, 6.45) is 0.0571. The van der Waals surface area contributed by atoms with E-state index < -0.39 is 24.5 Å². The van der Waals surface area contributed by atoms with Gasteiger partial charge in [0.25, 0.3) is 10.1 Å². The van der Waals surface area contributed by atoms with Crippen LogP contribution in [0.4, 0.5) is 0 Å². The van der Waals surface area contributed by atoms with Gasteiger partial charge in [0.15, 0.2) is 0 Å². The molecule has 7 heteroatoms. The molecule has 0 heterocycles. The van der Waals surface area contributed by atoms with Crippen LogP contribution in [0.3, 0.4) is 0 Å². The second-order valence-electron chi connectivity index (χ2n) is 6.30. The molecule has 1 unspecified atom stereocenters. The molecule has 0 radical (unpaired) electrons. The summed E-state index contributed by atoms with van der Waals surface area (Å²) in [5.74, 6) is 0. The number of rotatable bonds is 8. The van der Waals surface area contributed by atoms with Crippen LogP contribution in [0.5, 0.6) is 0 Å². The number of halogens is 1. The van der Waals surface area contributed by atoms with Crippen molar-refractivity contribution in [1.29, 1.82) is 0 Å². The zero-order valence-corrected chi connectivity index (χ0v) is 18.0. The summed E-state index contributed by atoms with van der Waals surface area (Å²) in [4.78, 5) is 0.172. The van der Waals surface area contributed by atoms with E-state index in [1.165, 1.54) is 17.3 Å². The van der Waals surface area contributed by atoms with Crippen molar-refractivity contribution in [3.63, 3.8) is 0 Å². The average Bonchev–Trinajstić information content (AvgIpc) is 2.55. The number of hydrogen-bond acceptors (Lipinski definition) is 4. The molecule has 0 saturated heterocycles. The largest absolute Gasteiger partial charge is 0.413 e. The monoisotopic (exact) mass is 442 g/mol. The Bertz CT molecular complexity index is 794. The number of benzene rings is 2. The molecule has 2 rings (SSSR count). The molecule has 0 amide bonds. The van der Waals surface area contributed by atoms with Gasteiger partial charge in [0, 0.05) is 11.1 Å². The van der Waals surface area contributed by atoms with E-state index in [9.17, 15) is 8.42 Å². The van der Waals surface area contributed by atoms with Crippen LogP contribution in [-0.2, 0) is 18.7 Å². The highest BCUT2D eigenvalue weighted by Crippen LogP contribution is 2.17. The van der Waals surface area contributed by atoms with Crippen LogP contribution >= 0.6 is 15.9 Å². The maximum Gasteiger partial charge on any atom is 0.297 e. The van der Waals surface area contributed by atoms with Gasteiger partial charge < -0.3 is 4.43 Å². The van der Waals surface area contributed by atoms with Crippen LogP contribution in [0.1, 0.15) is 13.3 Å². The van der Waals surface area contributed by atoms with Crippen molar-refractivity contribution in [3.05, 3.63) is 59.1 Å². The summed E-state index contributed by atoms with van der Waals surface area (Å²) >= 11 is 3.57. The van der Waals surface area contributed by atoms with Crippen molar-refractivity contribution in [3.8, 4) is 0 Å². The highest BCUT2D eigenvalue weighted by atomic mass is 79.9. The van der Waals surface area contributed by atoms with Crippen LogP contribution in [0.15, 0.2) is 64.0 Å². The molecular weight excluding hydrogens is 420 g/mol. The normalized spacial score (nSPS) is 13.6. The molecule has 0 aliphatic heterocycles. The maximum absolute atomic E-state index is 12.2. The molecule has 0 bridgehead atoms. The minimum Gasteiger partial charge on any atom is -0.413 e. The van der Waals surface area contributed by atoms with Crippen LogP contribution < -0.4 is 5.19 Å². The van der Waals surface area contributed by atoms with E-state index in [0.29, 0.717) is 13.0 Å². The molecule has 0 fully saturated rings. The van der Waals surface area contributed by atoms with Crippen molar-refractivity contribution < 1.29 is 17.0 Å². The second kappa shape index (κ2) is 8.59. The van der Waals surface area contributed by atoms with Crippen molar-refractivity contribution in [1.82, 2.24) is 0 Å². The maximum atomic E-state index is 12.2. The zero-order chi connectivity index (χ0) is 18.5. The zero-order valence-electron chi connectivity index (χ0n) is 14.6. The van der Waals surface area contributed by atoms with E-state index in [4.69, 9.17) is 8.61 Å². The third kappa shape index (κ3) is 5.75. The highest BCUT2D eigenvalue weighted by molar-refractivity contribution is 9.10. The smallest absolute Gasteiger partial charge is 0.297 e. The van der Waals surface area contributed by atoms with Gasteiger partial charge in [-0.3, -0.25) is 4.18 Å². The molecule has 2 aromatic rings. The first-order valence-corrected chi connectivity index (χ1v) is 13.2. The summed E-state index contributed by atoms with van der Waals surface area (Å²) in [5.41, 5.74) is 0. The van der Waals surface area contributed by atoms with E-state index in [1.807, 2.05) is 18.2 Å². The lowest BCUT2D eigenvalue weighted by Crippen LogP contribution is -2.46. The van der Waals surface area contributed by atoms with Gasteiger partial charge in [-0.1, -0.05) is 52.3 Å². The van der Waals surface area contributed by atoms with Crippen molar-refractivity contribution >= 4 is 39.6 Å². The molecule has 0 aliphatic carbocycles. The molecule has 0 saturated carbocycles. The summed E-state index contributed by atoms with van der Waals surface area (Å²) in [6, 6.07) is 16.2. The van der Waals surface area contributed by atoms with Gasteiger partial charge in [0.1, 0.15) is 0 Å². The highest BCUT2D eigenvalue weighted by Gasteiger charge is 2.28. The van der Waals surface area contributed by atoms with Crippen molar-refractivity contribution in [2.75, 3.05) is 6.61 Å². The molecule has 0 aromatic heterocycles. The molecule has 25 heavy (non-hydrogen) atoms. The fourth-order valence-electron chi connectivity index (χ4n) is 2.41. The van der Waals surface area contributed by atoms with Crippen LogP contribution in [0, 0.1) is 0 Å². The Balaban J connectivity index is 1.90. The summed E-state index contributed by atoms with van der Waals surface area (Å²) in [5, 5.41) is 1.18. The summed E-state index contributed by atoms with van der Waals surface area (Å²) < 4.78 is 36.8. The first kappa shape index (κ1) is 20.3. The molecule has 1 atom stereocenters. The molecular formula is C18H23BrO4SSi. The minimum absolute atomic E-state index is 0.172. The summed E-state index contributed by atoms with van der Waals surface area (Å²) in [7, 11) is -5.80. The second-order valence-corrected chi connectivity index (χ2v) is 12.6. The minimum atomic E-state index is -3.74. The molecule has 2 aromatic carbocycles. The standard InChI is InChI=1S/C18H23BrO4SSi/c1-15(23-24(20,21)16-9-5-4-6-10-16)13-14-22-25(2,3)18-12-8-7-11-17(18)19/h4-12,15H,13-14H2,1-3H3. The van der Waals surface area contributed by atoms with Gasteiger partial charge in [-0.15, -0.1) is 0 Å². The van der Waals surface area contributed by atoms with Gasteiger partial charge in [-0.25, -0.2) is 0 Å². The predicted octanol–water partition coefficient (Wildman–Crippen LogP) is 4.06. The third-order valence-electron chi connectivity index (χ3n) is 3.83. The predicted molar refractivity (Wildman–Crippen MR) is 106 cm³/mol. The lowest BCUT2D eigenvalue weighted by Gasteiger charge is -2.25. The Labute approximate surface area is 159 Å². The Hall–Kier alpha value is -0.993. The van der Waals surface area contributed by atoms with Gasteiger partial charge in [-0.2, -0.15) is 8.42 Å². The van der Waals surface area contributed by atoms with E-state index in [-0.39, 0.29) is 4.90 Å². The number of hydrogen-bond donors (Lipinski definition) is 0. The van der Waals surface area contributed by atoms with E-state index in [0.717, 1.165) is 4.47 Å². The lowest BCUT2D eigenvalue weighted by atomic mass is 10.3. The topological polar surface area (TPSA) is 52.6 Å². The SMILES string of the molecule is CC(CCO[Si](C)(C)c1ccccc1Br)OS(=O)(=O)c1ccccc1. The van der Waals surface area contributed by atoms with Crippen molar-refractivity contribution in [2.24, 2.45) is 0 Å². The first-order valence-electron chi connectivity index (χ1n) is 8.10. The molecule has 0 aliphatic rings. The van der Waals surface area contributed by atoms with Crippen LogP contribution in [-0.4, -0.2) is 29.4 Å². The Morgan fingerprint density at radius 1 is 1.04 bits per heavy atom. The lowest BCUT2D eigenvalue weighted by molar-refractivity contribution is 0.181. The van der Waals surface area contributed by atoms with E-state index in [2.05, 4.69) is 35.1 Å².